The van der Waals surface area contributed by atoms with Gasteiger partial charge in [-0.2, -0.15) is 0 Å². The van der Waals surface area contributed by atoms with Crippen LogP contribution >= 0.6 is 0 Å². The van der Waals surface area contributed by atoms with E-state index in [0.29, 0.717) is 5.92 Å². The van der Waals surface area contributed by atoms with Crippen molar-refractivity contribution < 1.29 is 4.58 Å². The molecule has 1 fully saturated rings. The highest BCUT2D eigenvalue weighted by Gasteiger charge is 2.18. The molecule has 0 aromatic heterocycles. The van der Waals surface area contributed by atoms with E-state index in [-0.39, 0.29) is 0 Å². The first-order valence-corrected chi connectivity index (χ1v) is 5.79. The fourth-order valence-electron chi connectivity index (χ4n) is 1.55. The average Bonchev–Trinajstić information content (AvgIpc) is 3.04. The average molecular weight is 212 g/mol. The standard InChI is InChI=1S/C15H18N/c1-12-4-9-14(10-5-12)15(16(2)3)11-8-13-6-7-13/h4-5,9-10,13H,6-7H2,1-3H3/q+1. The van der Waals surface area contributed by atoms with Crippen molar-refractivity contribution in [2.45, 2.75) is 19.8 Å². The molecule has 0 N–H and O–H groups in total. The van der Waals surface area contributed by atoms with Crippen molar-refractivity contribution in [3.63, 3.8) is 0 Å². The minimum absolute atomic E-state index is 0.653. The minimum Gasteiger partial charge on any atom is -0.227 e. The van der Waals surface area contributed by atoms with E-state index in [1.54, 1.807) is 0 Å². The molecule has 0 radical (unpaired) electrons. The van der Waals surface area contributed by atoms with Crippen LogP contribution in [-0.2, 0) is 0 Å². The summed E-state index contributed by atoms with van der Waals surface area (Å²) in [6.07, 6.45) is 2.56. The predicted molar refractivity (Wildman–Crippen MR) is 67.9 cm³/mol. The highest BCUT2D eigenvalue weighted by atomic mass is 14.9. The number of nitrogens with zero attached hydrogens (tertiary/aromatic N) is 1. The summed E-state index contributed by atoms with van der Waals surface area (Å²) in [5, 5.41) is 0. The summed E-state index contributed by atoms with van der Waals surface area (Å²) in [6, 6.07) is 8.56. The molecule has 0 heterocycles. The molecule has 1 aromatic rings. The molecule has 0 amide bonds. The summed E-state index contributed by atoms with van der Waals surface area (Å²) < 4.78 is 2.10. The molecule has 1 aromatic carbocycles. The molecule has 0 atom stereocenters. The Kier molecular flexibility index (Phi) is 3.10. The van der Waals surface area contributed by atoms with Crippen molar-refractivity contribution >= 4 is 5.71 Å². The Morgan fingerprint density at radius 2 is 1.81 bits per heavy atom. The molecule has 0 bridgehead atoms. The highest BCUT2D eigenvalue weighted by Crippen LogP contribution is 2.27. The number of aryl methyl sites for hydroxylation is 1. The van der Waals surface area contributed by atoms with Gasteiger partial charge in [0.25, 0.3) is 5.71 Å². The third-order valence-electron chi connectivity index (χ3n) is 2.74. The Morgan fingerprint density at radius 3 is 2.31 bits per heavy atom. The fourth-order valence-corrected chi connectivity index (χ4v) is 1.55. The molecule has 1 heteroatoms. The molecule has 2 rings (SSSR count). The quantitative estimate of drug-likeness (QED) is 0.382. The SMILES string of the molecule is Cc1ccc(C(C#CC2CC2)=[N+](C)C)cc1. The van der Waals surface area contributed by atoms with Gasteiger partial charge in [-0.05, 0) is 31.9 Å². The molecular formula is C15H18N+. The maximum absolute atomic E-state index is 3.32. The van der Waals surface area contributed by atoms with E-state index in [2.05, 4.69) is 61.7 Å². The molecule has 0 unspecified atom stereocenters. The number of hydrogen-bond acceptors (Lipinski definition) is 0. The molecular weight excluding hydrogens is 194 g/mol. The molecule has 0 aliphatic heterocycles. The Labute approximate surface area is 97.8 Å². The van der Waals surface area contributed by atoms with Crippen molar-refractivity contribution in [2.75, 3.05) is 14.1 Å². The van der Waals surface area contributed by atoms with Crippen LogP contribution in [0.25, 0.3) is 0 Å². The lowest BCUT2D eigenvalue weighted by molar-refractivity contribution is -0.462. The second-order valence-electron chi connectivity index (χ2n) is 4.65. The van der Waals surface area contributed by atoms with Crippen LogP contribution in [0.3, 0.4) is 0 Å². The molecule has 82 valence electrons. The van der Waals surface area contributed by atoms with Crippen LogP contribution in [0.5, 0.6) is 0 Å². The van der Waals surface area contributed by atoms with Gasteiger partial charge in [0.1, 0.15) is 14.1 Å². The zero-order valence-corrected chi connectivity index (χ0v) is 10.2. The Balaban J connectivity index is 2.30. The van der Waals surface area contributed by atoms with Gasteiger partial charge < -0.3 is 0 Å². The Hall–Kier alpha value is -1.55. The zero-order chi connectivity index (χ0) is 11.5. The van der Waals surface area contributed by atoms with Crippen LogP contribution in [0, 0.1) is 24.7 Å². The molecule has 1 saturated carbocycles. The fraction of sp³-hybridized carbons (Fsp3) is 0.400. The summed E-state index contributed by atoms with van der Waals surface area (Å²) >= 11 is 0. The van der Waals surface area contributed by atoms with E-state index in [0.717, 1.165) is 5.71 Å². The first kappa shape index (κ1) is 11.0. The first-order valence-electron chi connectivity index (χ1n) is 5.79. The minimum atomic E-state index is 0.653. The Morgan fingerprint density at radius 1 is 1.19 bits per heavy atom. The topological polar surface area (TPSA) is 3.01 Å². The second kappa shape index (κ2) is 4.53. The number of rotatable bonds is 1. The van der Waals surface area contributed by atoms with Gasteiger partial charge in [-0.1, -0.05) is 23.6 Å². The highest BCUT2D eigenvalue weighted by molar-refractivity contribution is 6.09. The largest absolute Gasteiger partial charge is 0.258 e. The van der Waals surface area contributed by atoms with E-state index in [1.807, 2.05) is 0 Å². The van der Waals surface area contributed by atoms with Crippen LogP contribution in [-0.4, -0.2) is 24.4 Å². The van der Waals surface area contributed by atoms with Crippen LogP contribution in [0.2, 0.25) is 0 Å². The van der Waals surface area contributed by atoms with E-state index in [1.165, 1.54) is 24.0 Å². The van der Waals surface area contributed by atoms with Gasteiger partial charge in [-0.25, -0.2) is 4.58 Å². The van der Waals surface area contributed by atoms with Crippen molar-refractivity contribution in [1.29, 1.82) is 0 Å². The molecule has 0 saturated heterocycles. The lowest BCUT2D eigenvalue weighted by atomic mass is 10.1. The van der Waals surface area contributed by atoms with Gasteiger partial charge in [0.15, 0.2) is 0 Å². The van der Waals surface area contributed by atoms with Gasteiger partial charge in [0.05, 0.1) is 5.56 Å². The van der Waals surface area contributed by atoms with Crippen LogP contribution < -0.4 is 0 Å². The van der Waals surface area contributed by atoms with Gasteiger partial charge >= 0.3 is 0 Å². The third kappa shape index (κ3) is 2.73. The lowest BCUT2D eigenvalue weighted by Gasteiger charge is -1.98. The maximum atomic E-state index is 3.32. The summed E-state index contributed by atoms with van der Waals surface area (Å²) in [6.45, 7) is 2.11. The van der Waals surface area contributed by atoms with Gasteiger partial charge in [-0.15, -0.1) is 0 Å². The summed E-state index contributed by atoms with van der Waals surface area (Å²) in [5.41, 5.74) is 3.62. The van der Waals surface area contributed by atoms with Crippen molar-refractivity contribution in [1.82, 2.24) is 0 Å². The van der Waals surface area contributed by atoms with E-state index in [9.17, 15) is 0 Å². The smallest absolute Gasteiger partial charge is 0.227 e. The summed E-state index contributed by atoms with van der Waals surface area (Å²) in [4.78, 5) is 0. The van der Waals surface area contributed by atoms with Crippen molar-refractivity contribution in [2.24, 2.45) is 5.92 Å². The van der Waals surface area contributed by atoms with Gasteiger partial charge in [0, 0.05) is 11.8 Å². The molecule has 0 spiro atoms. The second-order valence-corrected chi connectivity index (χ2v) is 4.65. The summed E-state index contributed by atoms with van der Waals surface area (Å²) in [7, 11) is 4.10. The van der Waals surface area contributed by atoms with Gasteiger partial charge in [-0.3, -0.25) is 0 Å². The van der Waals surface area contributed by atoms with Gasteiger partial charge in [0.2, 0.25) is 0 Å². The molecule has 1 aliphatic rings. The molecule has 1 aliphatic carbocycles. The normalized spacial score (nSPS) is 13.9. The van der Waals surface area contributed by atoms with Crippen molar-refractivity contribution in [3.05, 3.63) is 35.4 Å². The van der Waals surface area contributed by atoms with Crippen LogP contribution in [0.15, 0.2) is 24.3 Å². The monoisotopic (exact) mass is 212 g/mol. The number of hydrogen-bond donors (Lipinski definition) is 0. The van der Waals surface area contributed by atoms with E-state index in [4.69, 9.17) is 0 Å². The third-order valence-corrected chi connectivity index (χ3v) is 2.74. The first-order chi connectivity index (χ1) is 7.66. The van der Waals surface area contributed by atoms with Crippen molar-refractivity contribution in [3.8, 4) is 11.8 Å². The number of benzene rings is 1. The van der Waals surface area contributed by atoms with E-state index < -0.39 is 0 Å². The maximum Gasteiger partial charge on any atom is 0.258 e. The molecule has 1 nitrogen and oxygen atoms in total. The zero-order valence-electron chi connectivity index (χ0n) is 10.2. The molecule has 16 heavy (non-hydrogen) atoms. The lowest BCUT2D eigenvalue weighted by Crippen LogP contribution is -2.12. The van der Waals surface area contributed by atoms with Crippen LogP contribution in [0.4, 0.5) is 0 Å². The summed E-state index contributed by atoms with van der Waals surface area (Å²) in [5.74, 6) is 7.29. The Bertz CT molecular complexity index is 460. The predicted octanol–water partition coefficient (Wildman–Crippen LogP) is 2.47. The van der Waals surface area contributed by atoms with Crippen LogP contribution in [0.1, 0.15) is 24.0 Å². The van der Waals surface area contributed by atoms with E-state index >= 15 is 0 Å².